The zero-order valence-electron chi connectivity index (χ0n) is 11.4. The molecule has 1 aromatic rings. The van der Waals surface area contributed by atoms with Crippen LogP contribution >= 0.6 is 0 Å². The Morgan fingerprint density at radius 3 is 2.47 bits per heavy atom. The molecule has 0 radical (unpaired) electrons. The van der Waals surface area contributed by atoms with Crippen LogP contribution in [0.1, 0.15) is 41.0 Å². The highest BCUT2D eigenvalue weighted by Crippen LogP contribution is 2.29. The van der Waals surface area contributed by atoms with Gasteiger partial charge in [-0.2, -0.15) is 4.99 Å². The molecule has 0 aromatic carbocycles. The third-order valence-corrected chi connectivity index (χ3v) is 2.14. The summed E-state index contributed by atoms with van der Waals surface area (Å²) in [6, 6.07) is 6.50. The molecule has 0 atom stereocenters. The van der Waals surface area contributed by atoms with Crippen molar-refractivity contribution in [2.24, 2.45) is 15.4 Å². The van der Waals surface area contributed by atoms with Crippen LogP contribution in [-0.4, -0.2) is 16.5 Å². The number of aromatic nitrogens is 1. The van der Waals surface area contributed by atoms with Gasteiger partial charge in [0.15, 0.2) is 0 Å². The first kappa shape index (κ1) is 13.6. The Labute approximate surface area is 104 Å². The fourth-order valence-corrected chi connectivity index (χ4v) is 1.98. The van der Waals surface area contributed by atoms with Crippen molar-refractivity contribution < 1.29 is 0 Å². The van der Waals surface area contributed by atoms with E-state index in [0.717, 1.165) is 12.1 Å². The first-order chi connectivity index (χ1) is 7.79. The molecule has 92 valence electrons. The topological polar surface area (TPSA) is 37.6 Å². The Bertz CT molecular complexity index is 407. The average molecular weight is 231 g/mol. The van der Waals surface area contributed by atoms with Crippen molar-refractivity contribution in [1.82, 2.24) is 4.98 Å². The second kappa shape index (κ2) is 5.24. The van der Waals surface area contributed by atoms with Gasteiger partial charge in [-0.15, -0.1) is 0 Å². The fourth-order valence-electron chi connectivity index (χ4n) is 1.98. The van der Waals surface area contributed by atoms with Crippen molar-refractivity contribution >= 4 is 11.7 Å². The highest BCUT2D eigenvalue weighted by Gasteiger charge is 2.24. The highest BCUT2D eigenvalue weighted by atomic mass is 14.9. The minimum absolute atomic E-state index is 0.135. The molecule has 0 unspecified atom stereocenters. The lowest BCUT2D eigenvalue weighted by atomic mass is 9.82. The summed E-state index contributed by atoms with van der Waals surface area (Å²) in [4.78, 5) is 12.5. The van der Waals surface area contributed by atoms with Gasteiger partial charge in [0.25, 0.3) is 0 Å². The van der Waals surface area contributed by atoms with Crippen LogP contribution in [0.5, 0.6) is 0 Å². The second-order valence-electron chi connectivity index (χ2n) is 6.08. The largest absolute Gasteiger partial charge is 0.262 e. The zero-order chi connectivity index (χ0) is 12.9. The van der Waals surface area contributed by atoms with Gasteiger partial charge < -0.3 is 0 Å². The molecular formula is C14H21N3. The Morgan fingerprint density at radius 1 is 1.24 bits per heavy atom. The van der Waals surface area contributed by atoms with Gasteiger partial charge in [0.1, 0.15) is 0 Å². The number of hydrogen-bond donors (Lipinski definition) is 0. The summed E-state index contributed by atoms with van der Waals surface area (Å²) in [7, 11) is 0. The van der Waals surface area contributed by atoms with E-state index in [9.17, 15) is 0 Å². The first-order valence-corrected chi connectivity index (χ1v) is 5.86. The van der Waals surface area contributed by atoms with Crippen LogP contribution in [0.2, 0.25) is 0 Å². The number of aliphatic imine (C=N–C) groups is 2. The second-order valence-corrected chi connectivity index (χ2v) is 6.08. The highest BCUT2D eigenvalue weighted by molar-refractivity contribution is 5.51. The average Bonchev–Trinajstić information content (AvgIpc) is 2.15. The smallest absolute Gasteiger partial charge is 0.0955 e. The maximum atomic E-state index is 4.39. The van der Waals surface area contributed by atoms with E-state index in [4.69, 9.17) is 0 Å². The van der Waals surface area contributed by atoms with Gasteiger partial charge in [-0.1, -0.05) is 20.8 Å². The Kier molecular flexibility index (Phi) is 4.19. The van der Waals surface area contributed by atoms with Crippen molar-refractivity contribution in [1.29, 1.82) is 0 Å². The van der Waals surface area contributed by atoms with Gasteiger partial charge in [0.05, 0.1) is 23.4 Å². The van der Waals surface area contributed by atoms with Gasteiger partial charge in [-0.3, -0.25) is 4.98 Å². The third-order valence-electron chi connectivity index (χ3n) is 2.14. The van der Waals surface area contributed by atoms with E-state index in [-0.39, 0.29) is 11.0 Å². The standard InChI is InChI=1S/C14H21N3/c1-13(2,3)10-14(4,5)17-11-16-12-7-6-8-15-9-12/h6-9H,10H2,1-5H3. The predicted molar refractivity (Wildman–Crippen MR) is 71.9 cm³/mol. The van der Waals surface area contributed by atoms with Crippen LogP contribution in [0.15, 0.2) is 34.5 Å². The molecule has 0 saturated heterocycles. The molecule has 0 aliphatic carbocycles. The van der Waals surface area contributed by atoms with E-state index < -0.39 is 0 Å². The van der Waals surface area contributed by atoms with Crippen molar-refractivity contribution in [2.45, 2.75) is 46.6 Å². The van der Waals surface area contributed by atoms with Crippen LogP contribution in [0.25, 0.3) is 0 Å². The van der Waals surface area contributed by atoms with Gasteiger partial charge in [0.2, 0.25) is 0 Å². The lowest BCUT2D eigenvalue weighted by molar-refractivity contribution is 0.289. The maximum Gasteiger partial charge on any atom is 0.0955 e. The number of nitrogens with zero attached hydrogens (tertiary/aromatic N) is 3. The SMILES string of the molecule is CC(C)(C)CC(C)(C)N=C=Nc1cccnc1. The summed E-state index contributed by atoms with van der Waals surface area (Å²) in [5, 5.41) is 0. The van der Waals surface area contributed by atoms with E-state index in [2.05, 4.69) is 55.6 Å². The van der Waals surface area contributed by atoms with Crippen LogP contribution in [0.4, 0.5) is 5.69 Å². The molecular weight excluding hydrogens is 210 g/mol. The number of hydrogen-bond acceptors (Lipinski definition) is 3. The summed E-state index contributed by atoms with van der Waals surface area (Å²) in [6.07, 6.45) is 4.41. The van der Waals surface area contributed by atoms with Gasteiger partial charge in [-0.05, 0) is 37.8 Å². The van der Waals surface area contributed by atoms with E-state index in [1.807, 2.05) is 12.1 Å². The molecule has 0 bridgehead atoms. The molecule has 0 amide bonds. The van der Waals surface area contributed by atoms with Crippen LogP contribution < -0.4 is 0 Å². The molecule has 0 spiro atoms. The quantitative estimate of drug-likeness (QED) is 0.721. The van der Waals surface area contributed by atoms with Crippen molar-refractivity contribution in [3.63, 3.8) is 0 Å². The minimum Gasteiger partial charge on any atom is -0.262 e. The molecule has 1 aromatic heterocycles. The summed E-state index contributed by atoms with van der Waals surface area (Å²) in [5.41, 5.74) is 0.898. The molecule has 1 heterocycles. The Hall–Kier alpha value is -1.47. The van der Waals surface area contributed by atoms with E-state index in [0.29, 0.717) is 0 Å². The Balaban J connectivity index is 2.73. The van der Waals surface area contributed by atoms with Gasteiger partial charge in [-0.25, -0.2) is 4.99 Å². The van der Waals surface area contributed by atoms with E-state index >= 15 is 0 Å². The molecule has 3 nitrogen and oxygen atoms in total. The maximum absolute atomic E-state index is 4.39. The number of rotatable bonds is 3. The zero-order valence-corrected chi connectivity index (χ0v) is 11.4. The third kappa shape index (κ3) is 5.98. The van der Waals surface area contributed by atoms with Crippen LogP contribution in [-0.2, 0) is 0 Å². The molecule has 0 aliphatic heterocycles. The lowest BCUT2D eigenvalue weighted by Gasteiger charge is -2.27. The van der Waals surface area contributed by atoms with Crippen molar-refractivity contribution in [2.75, 3.05) is 0 Å². The minimum atomic E-state index is -0.135. The lowest BCUT2D eigenvalue weighted by Crippen LogP contribution is -2.24. The van der Waals surface area contributed by atoms with Gasteiger partial charge in [0, 0.05) is 6.20 Å². The molecule has 3 heteroatoms. The number of pyridine rings is 1. The molecule has 17 heavy (non-hydrogen) atoms. The molecule has 1 rings (SSSR count). The summed E-state index contributed by atoms with van der Waals surface area (Å²) in [5.74, 6) is 0. The molecule has 0 saturated carbocycles. The van der Waals surface area contributed by atoms with Crippen LogP contribution in [0.3, 0.4) is 0 Å². The van der Waals surface area contributed by atoms with Gasteiger partial charge >= 0.3 is 0 Å². The molecule has 0 fully saturated rings. The van der Waals surface area contributed by atoms with E-state index in [1.54, 1.807) is 12.4 Å². The summed E-state index contributed by atoms with van der Waals surface area (Å²) < 4.78 is 0. The normalized spacial score (nSPS) is 11.8. The van der Waals surface area contributed by atoms with Crippen molar-refractivity contribution in [3.05, 3.63) is 24.5 Å². The monoisotopic (exact) mass is 231 g/mol. The summed E-state index contributed by atoms with van der Waals surface area (Å²) in [6.45, 7) is 10.8. The first-order valence-electron chi connectivity index (χ1n) is 5.86. The fraction of sp³-hybridized carbons (Fsp3) is 0.571. The predicted octanol–water partition coefficient (Wildman–Crippen LogP) is 4.10. The Morgan fingerprint density at radius 2 is 1.94 bits per heavy atom. The van der Waals surface area contributed by atoms with Crippen molar-refractivity contribution in [3.8, 4) is 0 Å². The molecule has 0 aliphatic rings. The van der Waals surface area contributed by atoms with E-state index in [1.165, 1.54) is 0 Å². The molecule has 0 N–H and O–H groups in total. The van der Waals surface area contributed by atoms with Crippen LogP contribution in [0, 0.1) is 5.41 Å². The summed E-state index contributed by atoms with van der Waals surface area (Å²) >= 11 is 0.